The summed E-state index contributed by atoms with van der Waals surface area (Å²) in [7, 11) is 0. The Morgan fingerprint density at radius 1 is 1.38 bits per heavy atom. The molecule has 0 bridgehead atoms. The first-order chi connectivity index (χ1) is 6.25. The van der Waals surface area contributed by atoms with Crippen molar-refractivity contribution >= 4 is 11.6 Å². The Hall–Kier alpha value is -0.600. The van der Waals surface area contributed by atoms with E-state index < -0.39 is 0 Å². The summed E-state index contributed by atoms with van der Waals surface area (Å²) in [6.45, 7) is 1.94. The summed E-state index contributed by atoms with van der Waals surface area (Å²) in [5, 5.41) is 3.73. The SMILES string of the molecule is Fc1cc(Cl)cc([C@H]2CCNC2)c1. The van der Waals surface area contributed by atoms with Crippen LogP contribution in [-0.2, 0) is 0 Å². The van der Waals surface area contributed by atoms with Gasteiger partial charge in [0.2, 0.25) is 0 Å². The van der Waals surface area contributed by atoms with Crippen LogP contribution in [0.25, 0.3) is 0 Å². The molecule has 0 aliphatic carbocycles. The molecule has 1 nitrogen and oxygen atoms in total. The minimum atomic E-state index is -0.241. The van der Waals surface area contributed by atoms with Crippen LogP contribution in [-0.4, -0.2) is 13.1 Å². The molecule has 0 radical (unpaired) electrons. The molecule has 1 N–H and O–H groups in total. The first-order valence-electron chi connectivity index (χ1n) is 4.42. The van der Waals surface area contributed by atoms with Gasteiger partial charge < -0.3 is 5.32 Å². The van der Waals surface area contributed by atoms with Crippen molar-refractivity contribution in [1.29, 1.82) is 0 Å². The predicted octanol–water partition coefficient (Wildman–Crippen LogP) is 2.56. The molecule has 1 aromatic rings. The van der Waals surface area contributed by atoms with Gasteiger partial charge in [-0.25, -0.2) is 4.39 Å². The standard InChI is InChI=1S/C10H11ClFN/c11-9-3-8(4-10(12)5-9)7-1-2-13-6-7/h3-5,7,13H,1-2,6H2/t7-/m0/s1. The van der Waals surface area contributed by atoms with Gasteiger partial charge in [-0.1, -0.05) is 11.6 Å². The fraction of sp³-hybridized carbons (Fsp3) is 0.400. The molecular formula is C10H11ClFN. The minimum Gasteiger partial charge on any atom is -0.316 e. The summed E-state index contributed by atoms with van der Waals surface area (Å²) in [6.07, 6.45) is 1.07. The second-order valence-corrected chi connectivity index (χ2v) is 3.83. The molecule has 2 rings (SSSR count). The Morgan fingerprint density at radius 2 is 2.23 bits per heavy atom. The van der Waals surface area contributed by atoms with Crippen LogP contribution in [0.4, 0.5) is 4.39 Å². The van der Waals surface area contributed by atoms with Crippen LogP contribution in [0.5, 0.6) is 0 Å². The zero-order chi connectivity index (χ0) is 9.26. The van der Waals surface area contributed by atoms with E-state index in [-0.39, 0.29) is 5.82 Å². The van der Waals surface area contributed by atoms with Gasteiger partial charge in [0.15, 0.2) is 0 Å². The molecule has 0 saturated carbocycles. The first-order valence-corrected chi connectivity index (χ1v) is 4.80. The summed E-state index contributed by atoms with van der Waals surface area (Å²) in [5.41, 5.74) is 1.01. The van der Waals surface area contributed by atoms with Crippen LogP contribution < -0.4 is 5.32 Å². The van der Waals surface area contributed by atoms with Crippen molar-refractivity contribution in [2.24, 2.45) is 0 Å². The average Bonchev–Trinajstić information content (AvgIpc) is 2.53. The fourth-order valence-electron chi connectivity index (χ4n) is 1.75. The summed E-state index contributed by atoms with van der Waals surface area (Å²) in [5.74, 6) is 0.183. The zero-order valence-corrected chi connectivity index (χ0v) is 7.94. The smallest absolute Gasteiger partial charge is 0.124 e. The van der Waals surface area contributed by atoms with E-state index in [1.165, 1.54) is 6.07 Å². The molecular weight excluding hydrogens is 189 g/mol. The van der Waals surface area contributed by atoms with Crippen molar-refractivity contribution in [2.75, 3.05) is 13.1 Å². The Morgan fingerprint density at radius 3 is 2.85 bits per heavy atom. The Kier molecular flexibility index (Phi) is 2.51. The van der Waals surface area contributed by atoms with Crippen LogP contribution in [0, 0.1) is 5.82 Å². The van der Waals surface area contributed by atoms with Gasteiger partial charge in [-0.2, -0.15) is 0 Å². The molecule has 70 valence electrons. The highest BCUT2D eigenvalue weighted by atomic mass is 35.5. The van der Waals surface area contributed by atoms with Crippen molar-refractivity contribution in [3.8, 4) is 0 Å². The van der Waals surface area contributed by atoms with E-state index >= 15 is 0 Å². The fourth-order valence-corrected chi connectivity index (χ4v) is 1.98. The number of nitrogens with one attached hydrogen (secondary N) is 1. The highest BCUT2D eigenvalue weighted by Gasteiger charge is 2.17. The molecule has 1 aliphatic rings. The van der Waals surface area contributed by atoms with Gasteiger partial charge in [0.1, 0.15) is 5.82 Å². The van der Waals surface area contributed by atoms with E-state index in [1.807, 2.05) is 6.07 Å². The molecule has 1 aromatic carbocycles. The lowest BCUT2D eigenvalue weighted by Gasteiger charge is -2.08. The maximum atomic E-state index is 13.0. The Bertz CT molecular complexity index is 288. The third-order valence-electron chi connectivity index (χ3n) is 2.42. The maximum absolute atomic E-state index is 13.0. The van der Waals surface area contributed by atoms with Crippen LogP contribution >= 0.6 is 11.6 Å². The molecule has 0 amide bonds. The van der Waals surface area contributed by atoms with E-state index in [0.29, 0.717) is 10.9 Å². The first kappa shape index (κ1) is 8.97. The third-order valence-corrected chi connectivity index (χ3v) is 2.63. The van der Waals surface area contributed by atoms with Crippen molar-refractivity contribution in [3.05, 3.63) is 34.6 Å². The van der Waals surface area contributed by atoms with Crippen LogP contribution in [0.15, 0.2) is 18.2 Å². The van der Waals surface area contributed by atoms with Crippen molar-refractivity contribution in [1.82, 2.24) is 5.32 Å². The van der Waals surface area contributed by atoms with E-state index in [9.17, 15) is 4.39 Å². The Balaban J connectivity index is 2.28. The molecule has 3 heteroatoms. The van der Waals surface area contributed by atoms with Gasteiger partial charge in [0.25, 0.3) is 0 Å². The molecule has 0 unspecified atom stereocenters. The Labute approximate surface area is 81.9 Å². The maximum Gasteiger partial charge on any atom is 0.124 e. The van der Waals surface area contributed by atoms with Crippen molar-refractivity contribution in [2.45, 2.75) is 12.3 Å². The summed E-state index contributed by atoms with van der Waals surface area (Å²) < 4.78 is 13.0. The molecule has 1 atom stereocenters. The third kappa shape index (κ3) is 2.01. The normalized spacial score (nSPS) is 22.2. The van der Waals surface area contributed by atoms with Gasteiger partial charge in [-0.15, -0.1) is 0 Å². The van der Waals surface area contributed by atoms with Gasteiger partial charge in [-0.3, -0.25) is 0 Å². The van der Waals surface area contributed by atoms with E-state index in [4.69, 9.17) is 11.6 Å². The molecule has 13 heavy (non-hydrogen) atoms. The molecule has 1 aliphatic heterocycles. The van der Waals surface area contributed by atoms with Crippen molar-refractivity contribution < 1.29 is 4.39 Å². The van der Waals surface area contributed by atoms with Crippen LogP contribution in [0.3, 0.4) is 0 Å². The summed E-state index contributed by atoms with van der Waals surface area (Å²) >= 11 is 5.77. The summed E-state index contributed by atoms with van der Waals surface area (Å²) in [6, 6.07) is 4.76. The highest BCUT2D eigenvalue weighted by molar-refractivity contribution is 6.30. The lowest BCUT2D eigenvalue weighted by Crippen LogP contribution is -2.08. The lowest BCUT2D eigenvalue weighted by atomic mass is 9.98. The molecule has 1 saturated heterocycles. The molecule has 0 aromatic heterocycles. The van der Waals surface area contributed by atoms with Gasteiger partial charge in [0, 0.05) is 11.6 Å². The van der Waals surface area contributed by atoms with Crippen LogP contribution in [0.1, 0.15) is 17.9 Å². The van der Waals surface area contributed by atoms with Gasteiger partial charge >= 0.3 is 0 Å². The van der Waals surface area contributed by atoms with Crippen LogP contribution in [0.2, 0.25) is 5.02 Å². The zero-order valence-electron chi connectivity index (χ0n) is 7.19. The largest absolute Gasteiger partial charge is 0.316 e. The second-order valence-electron chi connectivity index (χ2n) is 3.39. The average molecular weight is 200 g/mol. The number of hydrogen-bond acceptors (Lipinski definition) is 1. The molecule has 1 heterocycles. The predicted molar refractivity (Wildman–Crippen MR) is 51.6 cm³/mol. The van der Waals surface area contributed by atoms with Gasteiger partial charge in [-0.05, 0) is 42.6 Å². The molecule has 0 spiro atoms. The van der Waals surface area contributed by atoms with Gasteiger partial charge in [0.05, 0.1) is 0 Å². The lowest BCUT2D eigenvalue weighted by molar-refractivity contribution is 0.621. The van der Waals surface area contributed by atoms with E-state index in [1.54, 1.807) is 6.07 Å². The van der Waals surface area contributed by atoms with E-state index in [2.05, 4.69) is 5.32 Å². The number of benzene rings is 1. The topological polar surface area (TPSA) is 12.0 Å². The number of halogens is 2. The summed E-state index contributed by atoms with van der Waals surface area (Å²) in [4.78, 5) is 0. The minimum absolute atomic E-state index is 0.241. The highest BCUT2D eigenvalue weighted by Crippen LogP contribution is 2.25. The number of rotatable bonds is 1. The van der Waals surface area contributed by atoms with Crippen molar-refractivity contribution in [3.63, 3.8) is 0 Å². The monoisotopic (exact) mass is 199 g/mol. The quantitative estimate of drug-likeness (QED) is 0.733. The van der Waals surface area contributed by atoms with E-state index in [0.717, 1.165) is 25.1 Å². The second kappa shape index (κ2) is 3.64. The molecule has 1 fully saturated rings. The number of hydrogen-bond donors (Lipinski definition) is 1.